The van der Waals surface area contributed by atoms with Gasteiger partial charge in [-0.1, -0.05) is 6.07 Å². The van der Waals surface area contributed by atoms with E-state index in [1.165, 1.54) is 0 Å². The van der Waals surface area contributed by atoms with Gasteiger partial charge in [0.25, 0.3) is 5.91 Å². The number of imidazole rings is 1. The van der Waals surface area contributed by atoms with Crippen LogP contribution in [0.15, 0.2) is 37.1 Å². The molecule has 2 aromatic heterocycles. The molecule has 2 fully saturated rings. The number of aromatic nitrogens is 3. The third-order valence-electron chi connectivity index (χ3n) is 5.11. The largest absolute Gasteiger partial charge is 0.368 e. The molecule has 1 unspecified atom stereocenters. The summed E-state index contributed by atoms with van der Waals surface area (Å²) in [5.41, 5.74) is 0.921. The number of urea groups is 1. The van der Waals surface area contributed by atoms with E-state index in [4.69, 9.17) is 4.74 Å². The highest BCUT2D eigenvalue weighted by molar-refractivity contribution is 5.81. The van der Waals surface area contributed by atoms with E-state index < -0.39 is 0 Å². The van der Waals surface area contributed by atoms with Gasteiger partial charge in [-0.3, -0.25) is 9.36 Å². The zero-order chi connectivity index (χ0) is 19.3. The second-order valence-corrected chi connectivity index (χ2v) is 6.97. The van der Waals surface area contributed by atoms with Crippen LogP contribution in [0.4, 0.5) is 4.79 Å². The van der Waals surface area contributed by atoms with Crippen LogP contribution < -0.4 is 5.32 Å². The fourth-order valence-corrected chi connectivity index (χ4v) is 3.46. The second kappa shape index (κ2) is 8.39. The molecule has 4 rings (SSSR count). The Hall–Kier alpha value is -2.94. The van der Waals surface area contributed by atoms with Gasteiger partial charge in [-0.25, -0.2) is 14.8 Å². The van der Waals surface area contributed by atoms with Crippen molar-refractivity contribution in [3.63, 3.8) is 0 Å². The summed E-state index contributed by atoms with van der Waals surface area (Å²) in [5, 5.41) is 2.92. The summed E-state index contributed by atoms with van der Waals surface area (Å²) in [6, 6.07) is 3.70. The molecule has 2 aliphatic rings. The average molecular weight is 384 g/mol. The minimum atomic E-state index is -0.293. The molecule has 28 heavy (non-hydrogen) atoms. The Morgan fingerprint density at radius 3 is 2.64 bits per heavy atom. The quantitative estimate of drug-likeness (QED) is 0.842. The minimum absolute atomic E-state index is 0.0571. The molecule has 4 heterocycles. The SMILES string of the molecule is O=C(NCc1ccc(-n2ccnc2)nc1)N1CCN(C(=O)C2CCCO2)CC1. The summed E-state index contributed by atoms with van der Waals surface area (Å²) in [6.45, 7) is 3.23. The molecule has 9 heteroatoms. The first-order valence-corrected chi connectivity index (χ1v) is 9.57. The maximum atomic E-state index is 12.4. The maximum Gasteiger partial charge on any atom is 0.317 e. The van der Waals surface area contributed by atoms with Gasteiger partial charge in [0, 0.05) is 57.9 Å². The highest BCUT2D eigenvalue weighted by Gasteiger charge is 2.31. The molecular weight excluding hydrogens is 360 g/mol. The predicted octanol–water partition coefficient (Wildman–Crippen LogP) is 0.800. The highest BCUT2D eigenvalue weighted by atomic mass is 16.5. The van der Waals surface area contributed by atoms with Crippen LogP contribution in [0.5, 0.6) is 0 Å². The topological polar surface area (TPSA) is 92.6 Å². The van der Waals surface area contributed by atoms with Crippen LogP contribution in [0, 0.1) is 0 Å². The number of hydrogen-bond acceptors (Lipinski definition) is 5. The second-order valence-electron chi connectivity index (χ2n) is 6.97. The molecule has 0 bridgehead atoms. The molecule has 1 atom stereocenters. The smallest absolute Gasteiger partial charge is 0.317 e. The molecule has 3 amide bonds. The number of pyridine rings is 1. The van der Waals surface area contributed by atoms with Gasteiger partial charge in [0.1, 0.15) is 18.2 Å². The summed E-state index contributed by atoms with van der Waals surface area (Å²) in [7, 11) is 0. The van der Waals surface area contributed by atoms with Gasteiger partial charge in [-0.15, -0.1) is 0 Å². The normalized spacial score (nSPS) is 19.6. The van der Waals surface area contributed by atoms with E-state index in [0.29, 0.717) is 39.3 Å². The predicted molar refractivity (Wildman–Crippen MR) is 101 cm³/mol. The summed E-state index contributed by atoms with van der Waals surface area (Å²) in [5.74, 6) is 0.834. The number of nitrogens with zero attached hydrogens (tertiary/aromatic N) is 5. The van der Waals surface area contributed by atoms with Crippen LogP contribution in [-0.4, -0.2) is 75.2 Å². The number of amides is 3. The first-order chi connectivity index (χ1) is 13.7. The third-order valence-corrected chi connectivity index (χ3v) is 5.11. The Labute approximate surface area is 163 Å². The number of nitrogens with one attached hydrogen (secondary N) is 1. The molecule has 0 aliphatic carbocycles. The van der Waals surface area contributed by atoms with Crippen LogP contribution in [0.1, 0.15) is 18.4 Å². The van der Waals surface area contributed by atoms with Crippen molar-refractivity contribution in [3.8, 4) is 5.82 Å². The lowest BCUT2D eigenvalue weighted by Crippen LogP contribution is -2.54. The Balaban J connectivity index is 1.23. The first-order valence-electron chi connectivity index (χ1n) is 9.57. The molecule has 0 aromatic carbocycles. The number of ether oxygens (including phenoxy) is 1. The lowest BCUT2D eigenvalue weighted by atomic mass is 10.2. The fraction of sp³-hybridized carbons (Fsp3) is 0.474. The van der Waals surface area contributed by atoms with E-state index in [-0.39, 0.29) is 18.0 Å². The summed E-state index contributed by atoms with van der Waals surface area (Å²) < 4.78 is 7.29. The molecule has 2 aromatic rings. The molecule has 2 saturated heterocycles. The fourth-order valence-electron chi connectivity index (χ4n) is 3.46. The lowest BCUT2D eigenvalue weighted by Gasteiger charge is -2.35. The number of carbonyl (C=O) groups excluding carboxylic acids is 2. The van der Waals surface area contributed by atoms with Crippen molar-refractivity contribution in [2.75, 3.05) is 32.8 Å². The van der Waals surface area contributed by atoms with Crippen molar-refractivity contribution in [3.05, 3.63) is 42.6 Å². The monoisotopic (exact) mass is 384 g/mol. The van der Waals surface area contributed by atoms with Gasteiger partial charge in [-0.2, -0.15) is 0 Å². The van der Waals surface area contributed by atoms with Gasteiger partial charge in [0.05, 0.1) is 0 Å². The molecule has 0 saturated carbocycles. The van der Waals surface area contributed by atoms with E-state index >= 15 is 0 Å². The van der Waals surface area contributed by atoms with Crippen molar-refractivity contribution in [1.82, 2.24) is 29.7 Å². The first kappa shape index (κ1) is 18.4. The number of carbonyl (C=O) groups is 2. The van der Waals surface area contributed by atoms with Crippen molar-refractivity contribution in [2.45, 2.75) is 25.5 Å². The lowest BCUT2D eigenvalue weighted by molar-refractivity contribution is -0.142. The van der Waals surface area contributed by atoms with Gasteiger partial charge in [0.15, 0.2) is 0 Å². The van der Waals surface area contributed by atoms with Crippen LogP contribution >= 0.6 is 0 Å². The van der Waals surface area contributed by atoms with E-state index in [1.54, 1.807) is 28.5 Å². The van der Waals surface area contributed by atoms with Crippen LogP contribution in [0.25, 0.3) is 5.82 Å². The van der Waals surface area contributed by atoms with E-state index in [9.17, 15) is 9.59 Å². The van der Waals surface area contributed by atoms with Crippen LogP contribution in [0.3, 0.4) is 0 Å². The molecule has 1 N–H and O–H groups in total. The minimum Gasteiger partial charge on any atom is -0.368 e. The van der Waals surface area contributed by atoms with Crippen molar-refractivity contribution >= 4 is 11.9 Å². The third kappa shape index (κ3) is 4.14. The summed E-state index contributed by atoms with van der Waals surface area (Å²) >= 11 is 0. The molecular formula is C19H24N6O3. The Morgan fingerprint density at radius 2 is 2.00 bits per heavy atom. The molecule has 148 valence electrons. The maximum absolute atomic E-state index is 12.4. The summed E-state index contributed by atoms with van der Waals surface area (Å²) in [4.78, 5) is 36.7. The average Bonchev–Trinajstić information content (AvgIpc) is 3.46. The Bertz CT molecular complexity index is 794. The Kier molecular flexibility index (Phi) is 5.52. The molecule has 0 spiro atoms. The van der Waals surface area contributed by atoms with E-state index in [1.807, 2.05) is 22.9 Å². The molecule has 9 nitrogen and oxygen atoms in total. The number of rotatable bonds is 4. The van der Waals surface area contributed by atoms with E-state index in [2.05, 4.69) is 15.3 Å². The van der Waals surface area contributed by atoms with Gasteiger partial charge < -0.3 is 19.9 Å². The van der Waals surface area contributed by atoms with Crippen molar-refractivity contribution in [2.24, 2.45) is 0 Å². The van der Waals surface area contributed by atoms with E-state index in [0.717, 1.165) is 24.2 Å². The van der Waals surface area contributed by atoms with Gasteiger partial charge >= 0.3 is 6.03 Å². The van der Waals surface area contributed by atoms with Gasteiger partial charge in [-0.05, 0) is 24.5 Å². The highest BCUT2D eigenvalue weighted by Crippen LogP contribution is 2.16. The van der Waals surface area contributed by atoms with Crippen LogP contribution in [-0.2, 0) is 16.1 Å². The standard InChI is InChI=1S/C19H24N6O3/c26-18(16-2-1-11-28-16)23-7-9-24(10-8-23)19(27)22-13-15-3-4-17(21-12-15)25-6-5-20-14-25/h3-6,12,14,16H,1-2,7-11,13H2,(H,22,27). The van der Waals surface area contributed by atoms with Crippen molar-refractivity contribution in [1.29, 1.82) is 0 Å². The molecule has 2 aliphatic heterocycles. The summed E-state index contributed by atoms with van der Waals surface area (Å²) in [6.07, 6.45) is 8.40. The van der Waals surface area contributed by atoms with Crippen molar-refractivity contribution < 1.29 is 14.3 Å². The van der Waals surface area contributed by atoms with Crippen LogP contribution in [0.2, 0.25) is 0 Å². The molecule has 0 radical (unpaired) electrons. The number of piperazine rings is 1. The van der Waals surface area contributed by atoms with Gasteiger partial charge in [0.2, 0.25) is 0 Å². The number of hydrogen-bond donors (Lipinski definition) is 1. The zero-order valence-electron chi connectivity index (χ0n) is 15.7. The zero-order valence-corrected chi connectivity index (χ0v) is 15.7. The Morgan fingerprint density at radius 1 is 1.18 bits per heavy atom.